The van der Waals surface area contributed by atoms with Crippen LogP contribution in [-0.4, -0.2) is 10.7 Å². The summed E-state index contributed by atoms with van der Waals surface area (Å²) in [5.41, 5.74) is 2.15. The van der Waals surface area contributed by atoms with E-state index in [-0.39, 0.29) is 0 Å². The molecular formula is C29H50O. The van der Waals surface area contributed by atoms with E-state index >= 15 is 0 Å². The van der Waals surface area contributed by atoms with Gasteiger partial charge < -0.3 is 5.11 Å². The monoisotopic (exact) mass is 414 g/mol. The van der Waals surface area contributed by atoms with Crippen molar-refractivity contribution in [2.75, 3.05) is 0 Å². The lowest BCUT2D eigenvalue weighted by Gasteiger charge is -2.59. The normalized spacial score (nSPS) is 47.6. The number of aliphatic hydroxyl groups is 1. The van der Waals surface area contributed by atoms with Crippen LogP contribution < -0.4 is 0 Å². The van der Waals surface area contributed by atoms with E-state index < -0.39 is 5.60 Å². The topological polar surface area (TPSA) is 20.2 Å². The molecule has 0 heterocycles. The summed E-state index contributed by atoms with van der Waals surface area (Å²) in [7, 11) is 0. The maximum atomic E-state index is 11.0. The van der Waals surface area contributed by atoms with Gasteiger partial charge in [0.2, 0.25) is 0 Å². The molecule has 9 atom stereocenters. The fourth-order valence-corrected chi connectivity index (χ4v) is 8.94. The van der Waals surface area contributed by atoms with Crippen LogP contribution >= 0.6 is 0 Å². The van der Waals surface area contributed by atoms with Crippen LogP contribution in [-0.2, 0) is 0 Å². The van der Waals surface area contributed by atoms with Crippen LogP contribution in [0.5, 0.6) is 0 Å². The second kappa shape index (κ2) is 8.24. The number of hydrogen-bond acceptors (Lipinski definition) is 1. The highest BCUT2D eigenvalue weighted by atomic mass is 16.3. The van der Waals surface area contributed by atoms with E-state index in [4.69, 9.17) is 0 Å². The SMILES string of the molecule is CCC(C)CC[C@@H](C)[C@H]1CC[C@H]2[C@@H]3CC=C4C[C@](O)(CC)CC[C@]4(C)[C@H]3CC[C@]12C. The van der Waals surface area contributed by atoms with Crippen molar-refractivity contribution in [3.63, 3.8) is 0 Å². The first-order valence-corrected chi connectivity index (χ1v) is 13.6. The van der Waals surface area contributed by atoms with E-state index in [1.165, 1.54) is 57.8 Å². The summed E-state index contributed by atoms with van der Waals surface area (Å²) >= 11 is 0. The minimum atomic E-state index is -0.426. The molecule has 1 nitrogen and oxygen atoms in total. The maximum absolute atomic E-state index is 11.0. The zero-order valence-electron chi connectivity index (χ0n) is 21.0. The van der Waals surface area contributed by atoms with Gasteiger partial charge in [0.1, 0.15) is 0 Å². The van der Waals surface area contributed by atoms with Gasteiger partial charge in [-0.3, -0.25) is 0 Å². The van der Waals surface area contributed by atoms with Gasteiger partial charge in [-0.25, -0.2) is 0 Å². The molecule has 1 unspecified atom stereocenters. The van der Waals surface area contributed by atoms with Crippen molar-refractivity contribution >= 4 is 0 Å². The van der Waals surface area contributed by atoms with E-state index in [1.807, 2.05) is 0 Å². The predicted molar refractivity (Wildman–Crippen MR) is 128 cm³/mol. The molecule has 3 saturated carbocycles. The lowest BCUT2D eigenvalue weighted by Crippen LogP contribution is -2.52. The molecule has 4 aliphatic carbocycles. The lowest BCUT2D eigenvalue weighted by atomic mass is 9.46. The third kappa shape index (κ3) is 3.64. The summed E-state index contributed by atoms with van der Waals surface area (Å²) in [6.07, 6.45) is 18.0. The molecule has 4 rings (SSSR count). The summed E-state index contributed by atoms with van der Waals surface area (Å²) in [5, 5.41) is 11.0. The molecule has 0 saturated heterocycles. The average molecular weight is 415 g/mol. The Hall–Kier alpha value is -0.300. The fraction of sp³-hybridized carbons (Fsp3) is 0.931. The van der Waals surface area contributed by atoms with Crippen molar-refractivity contribution < 1.29 is 5.11 Å². The Morgan fingerprint density at radius 1 is 1.00 bits per heavy atom. The van der Waals surface area contributed by atoms with E-state index in [0.29, 0.717) is 10.8 Å². The molecule has 0 aliphatic heterocycles. The summed E-state index contributed by atoms with van der Waals surface area (Å²) in [6, 6.07) is 0. The van der Waals surface area contributed by atoms with Gasteiger partial charge in [-0.05, 0) is 104 Å². The molecular weight excluding hydrogens is 364 g/mol. The highest BCUT2D eigenvalue weighted by molar-refractivity contribution is 5.27. The van der Waals surface area contributed by atoms with Crippen molar-refractivity contribution in [1.29, 1.82) is 0 Å². The van der Waals surface area contributed by atoms with E-state index in [0.717, 1.165) is 54.8 Å². The highest BCUT2D eigenvalue weighted by Gasteiger charge is 2.59. The van der Waals surface area contributed by atoms with E-state index in [1.54, 1.807) is 5.57 Å². The molecule has 1 N–H and O–H groups in total. The Morgan fingerprint density at radius 3 is 2.47 bits per heavy atom. The molecule has 3 fully saturated rings. The standard InChI is InChI=1S/C29H50O/c1-7-20(3)9-10-21(4)24-13-14-25-23-12-11-22-19-29(30,8-2)18-17-27(22,5)26(23)15-16-28(24,25)6/h11,20-21,23-26,30H,7-10,12-19H2,1-6H3/t20?,21-,23+,24-,25+,26+,27+,28-,29+/m1/s1. The quantitative estimate of drug-likeness (QED) is 0.434. The lowest BCUT2D eigenvalue weighted by molar-refractivity contribution is -0.0755. The van der Waals surface area contributed by atoms with Crippen molar-refractivity contribution in [2.45, 2.75) is 124 Å². The van der Waals surface area contributed by atoms with E-state index in [9.17, 15) is 5.11 Å². The van der Waals surface area contributed by atoms with Crippen molar-refractivity contribution in [3.8, 4) is 0 Å². The minimum absolute atomic E-state index is 0.367. The Kier molecular flexibility index (Phi) is 6.28. The molecule has 0 aromatic carbocycles. The summed E-state index contributed by atoms with van der Waals surface area (Å²) in [4.78, 5) is 0. The zero-order valence-corrected chi connectivity index (χ0v) is 21.0. The smallest absolute Gasteiger partial charge is 0.0682 e. The summed E-state index contributed by atoms with van der Waals surface area (Å²) in [6.45, 7) is 14.8. The third-order valence-corrected chi connectivity index (χ3v) is 11.5. The molecule has 0 aromatic rings. The van der Waals surface area contributed by atoms with Crippen LogP contribution in [0.4, 0.5) is 0 Å². The summed E-state index contributed by atoms with van der Waals surface area (Å²) in [5.74, 6) is 5.44. The predicted octanol–water partition coefficient (Wildman–Crippen LogP) is 8.17. The number of fused-ring (bicyclic) bond motifs is 5. The second-order valence-corrected chi connectivity index (χ2v) is 12.8. The zero-order chi connectivity index (χ0) is 21.7. The van der Waals surface area contributed by atoms with E-state index in [2.05, 4.69) is 47.6 Å². The molecule has 172 valence electrons. The van der Waals surface area contributed by atoms with Gasteiger partial charge in [-0.1, -0.05) is 72.5 Å². The highest BCUT2D eigenvalue weighted by Crippen LogP contribution is 2.67. The Bertz CT molecular complexity index is 651. The molecule has 30 heavy (non-hydrogen) atoms. The minimum Gasteiger partial charge on any atom is -0.390 e. The van der Waals surface area contributed by atoms with Gasteiger partial charge in [0.05, 0.1) is 5.60 Å². The molecule has 4 aliphatic rings. The number of rotatable bonds is 6. The Morgan fingerprint density at radius 2 is 1.77 bits per heavy atom. The Labute approximate surface area is 187 Å². The van der Waals surface area contributed by atoms with Gasteiger partial charge in [-0.15, -0.1) is 0 Å². The number of allylic oxidation sites excluding steroid dienone is 1. The van der Waals surface area contributed by atoms with Crippen molar-refractivity contribution in [3.05, 3.63) is 11.6 Å². The van der Waals surface area contributed by atoms with Crippen LogP contribution in [0.25, 0.3) is 0 Å². The van der Waals surface area contributed by atoms with Gasteiger partial charge in [0, 0.05) is 0 Å². The van der Waals surface area contributed by atoms with Gasteiger partial charge in [-0.2, -0.15) is 0 Å². The van der Waals surface area contributed by atoms with Crippen molar-refractivity contribution in [1.82, 2.24) is 0 Å². The Balaban J connectivity index is 1.51. The molecule has 0 bridgehead atoms. The second-order valence-electron chi connectivity index (χ2n) is 12.8. The van der Waals surface area contributed by atoms with Crippen LogP contribution in [0, 0.1) is 46.3 Å². The molecule has 0 aromatic heterocycles. The van der Waals surface area contributed by atoms with Crippen LogP contribution in [0.1, 0.15) is 119 Å². The fourth-order valence-electron chi connectivity index (χ4n) is 8.94. The molecule has 1 heteroatoms. The number of hydrogen-bond donors (Lipinski definition) is 1. The molecule has 0 spiro atoms. The van der Waals surface area contributed by atoms with Crippen LogP contribution in [0.2, 0.25) is 0 Å². The van der Waals surface area contributed by atoms with Crippen LogP contribution in [0.15, 0.2) is 11.6 Å². The van der Waals surface area contributed by atoms with Gasteiger partial charge in [0.25, 0.3) is 0 Å². The first-order valence-electron chi connectivity index (χ1n) is 13.6. The van der Waals surface area contributed by atoms with Crippen molar-refractivity contribution in [2.24, 2.45) is 46.3 Å². The summed E-state index contributed by atoms with van der Waals surface area (Å²) < 4.78 is 0. The first kappa shape index (κ1) is 22.9. The molecule has 0 radical (unpaired) electrons. The third-order valence-electron chi connectivity index (χ3n) is 11.5. The van der Waals surface area contributed by atoms with Crippen LogP contribution in [0.3, 0.4) is 0 Å². The van der Waals surface area contributed by atoms with Gasteiger partial charge in [0.15, 0.2) is 0 Å². The largest absolute Gasteiger partial charge is 0.390 e. The maximum Gasteiger partial charge on any atom is 0.0682 e. The first-order chi connectivity index (χ1) is 14.2. The average Bonchev–Trinajstić information content (AvgIpc) is 3.09. The van der Waals surface area contributed by atoms with Gasteiger partial charge >= 0.3 is 0 Å². The molecule has 0 amide bonds.